The number of rotatable bonds is 57. The quantitative estimate of drug-likeness (QED) is 0.0125. The topological polar surface area (TPSA) is 858 Å². The summed E-state index contributed by atoms with van der Waals surface area (Å²) in [5.74, 6) is -25.7. The summed E-state index contributed by atoms with van der Waals surface area (Å²) in [5.41, 5.74) is 16.7. The van der Waals surface area contributed by atoms with Gasteiger partial charge in [0.15, 0.2) is 11.9 Å². The maximum atomic E-state index is 14.6. The zero-order valence-electron chi connectivity index (χ0n) is 76.9. The molecule has 2 fully saturated rings. The highest BCUT2D eigenvalue weighted by atomic mass is 32.1. The van der Waals surface area contributed by atoms with Crippen molar-refractivity contribution >= 4 is 155 Å². The monoisotopic (exact) mass is 1950 g/mol. The standard InChI is InChI=1S/C81H130N26O28S/c1-36(2)28-51(78(133)107-27-17-23-55(107)73(128)97-47(21-15-25-88-81(85)86)67(122)96-46(20-14-24-87-80(83)84)68(123)102-52(34-108)79(134)135)101-75(130)60(43(9)109)105-76(131)61(44(10)110)104-72(127)53(35-136)103-66(121)41(7)93-63(118)38(4)91-57(112)33-89-62(117)37(3)92-64(119)40(6)94-69(124)50(31-59(115)116)100-74(129)54-22-16-26-106(54)77(132)42(8)95-70(125)49(30-58(113)114)99-71(126)48(29-45-18-12-11-13-19-45)98-65(120)39(5)90-56(111)32-82/h11-13,18-19,36-44,46-55,60-61,108-110,136H,14-17,20-35,82H2,1-10H3,(H,89,117)(H,90,111)(H,91,112)(H,92,119)(H,93,118)(H,94,124)(H,95,125)(H,96,122)(H,97,128)(H,98,120)(H,99,126)(H,100,129)(H,101,130)(H,102,123)(H,103,121)(H,104,127)(H,105,131)(H,113,114)(H,115,116)(H,134,135)(H4,83,84,87)(H4,85,86,88)/t37-,38-,39-,40-,41-,42-,43+,44+,46-,47-,48-,49-,50-,51-,52-,53-,54-,55-,60-,61-/m0/s1. The van der Waals surface area contributed by atoms with Crippen LogP contribution >= 0.6 is 12.6 Å². The van der Waals surface area contributed by atoms with Crippen molar-refractivity contribution in [1.29, 1.82) is 10.8 Å². The number of carbonyl (C=O) groups is 22. The molecule has 2 aliphatic heterocycles. The van der Waals surface area contributed by atoms with Crippen LogP contribution in [-0.2, 0) is 112 Å². The number of nitrogens with two attached hydrogens (primary N) is 3. The van der Waals surface area contributed by atoms with E-state index in [2.05, 4.69) is 114 Å². The van der Waals surface area contributed by atoms with Crippen LogP contribution in [0.5, 0.6) is 0 Å². The minimum absolute atomic E-state index is 0.0228. The normalized spacial score (nSPS) is 17.2. The molecule has 0 bridgehead atoms. The van der Waals surface area contributed by atoms with E-state index in [1.165, 1.54) is 34.6 Å². The highest BCUT2D eigenvalue weighted by molar-refractivity contribution is 7.80. The number of hydrogen-bond donors (Lipinski definition) is 31. The van der Waals surface area contributed by atoms with E-state index in [0.717, 1.165) is 30.6 Å². The molecule has 20 atom stereocenters. The summed E-state index contributed by atoms with van der Waals surface area (Å²) in [6.07, 6.45) is -5.68. The number of nitrogens with one attached hydrogen (secondary N) is 21. The van der Waals surface area contributed by atoms with Crippen LogP contribution < -0.4 is 118 Å². The van der Waals surface area contributed by atoms with Crippen LogP contribution in [0, 0.1) is 16.7 Å². The summed E-state index contributed by atoms with van der Waals surface area (Å²) in [5, 5.41) is 120. The fraction of sp³-hybridized carbons (Fsp3) is 0.630. The first-order valence-electron chi connectivity index (χ1n) is 43.6. The molecule has 54 nitrogen and oxygen atoms in total. The van der Waals surface area contributed by atoms with Gasteiger partial charge in [0.1, 0.15) is 109 Å². The van der Waals surface area contributed by atoms with Crippen LogP contribution in [0.2, 0.25) is 0 Å². The Morgan fingerprint density at radius 2 is 0.772 bits per heavy atom. The third-order valence-corrected chi connectivity index (χ3v) is 21.4. The minimum atomic E-state index is -1.94. The highest BCUT2D eigenvalue weighted by Crippen LogP contribution is 2.23. The second-order valence-corrected chi connectivity index (χ2v) is 33.3. The van der Waals surface area contributed by atoms with Crippen LogP contribution in [0.4, 0.5) is 0 Å². The zero-order chi connectivity index (χ0) is 103. The number of aliphatic hydroxyl groups is 3. The Bertz CT molecular complexity index is 4440. The maximum absolute atomic E-state index is 14.6. The predicted molar refractivity (Wildman–Crippen MR) is 481 cm³/mol. The van der Waals surface area contributed by atoms with Gasteiger partial charge in [0.2, 0.25) is 112 Å². The van der Waals surface area contributed by atoms with Gasteiger partial charge in [0.25, 0.3) is 0 Å². The molecule has 3 rings (SSSR count). The van der Waals surface area contributed by atoms with Crippen LogP contribution in [0.3, 0.4) is 0 Å². The Balaban J connectivity index is 1.61. The van der Waals surface area contributed by atoms with Crippen molar-refractivity contribution in [3.8, 4) is 0 Å². The second-order valence-electron chi connectivity index (χ2n) is 32.9. The number of carbonyl (C=O) groups excluding carboxylic acids is 19. The van der Waals surface area contributed by atoms with Gasteiger partial charge < -0.3 is 159 Å². The number of thiol groups is 1. The number of hydrogen-bond acceptors (Lipinski definition) is 29. The van der Waals surface area contributed by atoms with Gasteiger partial charge in [-0.05, 0) is 125 Å². The number of benzene rings is 1. The number of guanidine groups is 2. The fourth-order valence-electron chi connectivity index (χ4n) is 13.7. The van der Waals surface area contributed by atoms with Crippen molar-refractivity contribution in [3.05, 3.63) is 35.9 Å². The Labute approximate surface area is 787 Å². The highest BCUT2D eigenvalue weighted by Gasteiger charge is 2.44. The molecule has 1 aromatic carbocycles. The first-order valence-corrected chi connectivity index (χ1v) is 44.3. The third-order valence-electron chi connectivity index (χ3n) is 21.0. The van der Waals surface area contributed by atoms with Gasteiger partial charge >= 0.3 is 17.9 Å². The molecule has 0 saturated carbocycles. The first-order chi connectivity index (χ1) is 63.7. The Morgan fingerprint density at radius 1 is 0.412 bits per heavy atom. The number of carboxylic acid groups (broad SMARTS) is 3. The molecule has 33 N–H and O–H groups in total. The molecule has 0 aromatic heterocycles. The summed E-state index contributed by atoms with van der Waals surface area (Å²) in [4.78, 5) is 297. The van der Waals surface area contributed by atoms with Crippen LogP contribution in [-0.4, -0.2) is 355 Å². The van der Waals surface area contributed by atoms with Gasteiger partial charge in [-0.25, -0.2) is 4.79 Å². The molecular weight excluding hydrogens is 1820 g/mol. The largest absolute Gasteiger partial charge is 0.481 e. The molecule has 0 spiro atoms. The number of likely N-dealkylation sites (tertiary alicyclic amines) is 2. The van der Waals surface area contributed by atoms with Gasteiger partial charge in [-0.3, -0.25) is 112 Å². The minimum Gasteiger partial charge on any atom is -0.481 e. The Kier molecular flexibility index (Phi) is 49.5. The van der Waals surface area contributed by atoms with E-state index in [0.29, 0.717) is 5.56 Å². The number of amides is 19. The SMILES string of the molecule is CC(C)C[C@H](NC(=O)[C@@H](NC(=O)[C@@H](NC(=O)[C@H](CS)NC(=O)[C@H](C)NC(=O)[C@H](C)NC(=O)CNC(=O)[C@H](C)NC(=O)[C@H](C)NC(=O)[C@H](CC(=O)O)NC(=O)[C@@H]1CCCN1C(=O)[C@H](C)NC(=O)[C@H](CC(=O)O)NC(=O)[C@H](Cc1ccccc1)NC(=O)[C@H](C)NC(=O)CN)[C@@H](C)O)[C@@H](C)O)C(=O)N1CCC[C@H]1C(=O)N[C@@H](CCCNC(=N)N)C(=O)N[C@@H](CCCNC(=N)N)C(=O)N[C@@H](CO)C(=O)O. The molecule has 0 radical (unpaired) electrons. The first kappa shape index (κ1) is 116. The van der Waals surface area contributed by atoms with Gasteiger partial charge in [-0.15, -0.1) is 0 Å². The molecule has 0 aliphatic carbocycles. The van der Waals surface area contributed by atoms with Crippen LogP contribution in [0.15, 0.2) is 30.3 Å². The molecule has 2 saturated heterocycles. The van der Waals surface area contributed by atoms with Crippen LogP contribution in [0.25, 0.3) is 0 Å². The lowest BCUT2D eigenvalue weighted by atomic mass is 10.0. The number of nitrogens with zero attached hydrogens (tertiary/aromatic N) is 2. The average Bonchev–Trinajstić information content (AvgIpc) is 1.67. The van der Waals surface area contributed by atoms with Crippen molar-refractivity contribution in [2.24, 2.45) is 23.1 Å². The molecule has 2 heterocycles. The van der Waals surface area contributed by atoms with Crippen molar-refractivity contribution < 1.29 is 136 Å². The third kappa shape index (κ3) is 39.8. The van der Waals surface area contributed by atoms with Gasteiger partial charge in [-0.1, -0.05) is 44.2 Å². The molecular formula is C81H130N26O28S. The van der Waals surface area contributed by atoms with Crippen molar-refractivity contribution in [2.75, 3.05) is 51.6 Å². The van der Waals surface area contributed by atoms with Crippen molar-refractivity contribution in [3.63, 3.8) is 0 Å². The van der Waals surface area contributed by atoms with Crippen molar-refractivity contribution in [2.45, 2.75) is 267 Å². The average molecular weight is 1950 g/mol. The summed E-state index contributed by atoms with van der Waals surface area (Å²) < 4.78 is 0. The van der Waals surface area contributed by atoms with Crippen LogP contribution in [0.1, 0.15) is 145 Å². The summed E-state index contributed by atoms with van der Waals surface area (Å²) in [6, 6.07) is -20.0. The predicted octanol–water partition coefficient (Wildman–Crippen LogP) is -12.5. The molecule has 758 valence electrons. The Hall–Kier alpha value is -13.7. The summed E-state index contributed by atoms with van der Waals surface area (Å²) in [6.45, 7) is 10.3. The molecule has 0 unspecified atom stereocenters. The lowest BCUT2D eigenvalue weighted by Gasteiger charge is -2.32. The molecule has 136 heavy (non-hydrogen) atoms. The summed E-state index contributed by atoms with van der Waals surface area (Å²) in [7, 11) is 0. The molecule has 19 amide bonds. The van der Waals surface area contributed by atoms with E-state index in [-0.39, 0.29) is 96.3 Å². The van der Waals surface area contributed by atoms with E-state index < -0.39 is 301 Å². The van der Waals surface area contributed by atoms with E-state index in [1.54, 1.807) is 44.2 Å². The molecule has 1 aromatic rings. The zero-order valence-corrected chi connectivity index (χ0v) is 77.8. The van der Waals surface area contributed by atoms with Gasteiger partial charge in [0.05, 0.1) is 44.7 Å². The lowest BCUT2D eigenvalue weighted by molar-refractivity contribution is -0.144. The number of aliphatic carboxylic acids is 3. The van der Waals surface area contributed by atoms with E-state index in [1.807, 2.05) is 0 Å². The fourth-order valence-corrected chi connectivity index (χ4v) is 13.9. The number of carboxylic acids is 3. The van der Waals surface area contributed by atoms with Gasteiger partial charge in [0, 0.05) is 38.4 Å². The maximum Gasteiger partial charge on any atom is 0.328 e. The lowest BCUT2D eigenvalue weighted by Crippen LogP contribution is -2.63. The van der Waals surface area contributed by atoms with Crippen molar-refractivity contribution in [1.82, 2.24) is 111 Å². The van der Waals surface area contributed by atoms with E-state index >= 15 is 0 Å². The second kappa shape index (κ2) is 57.8. The summed E-state index contributed by atoms with van der Waals surface area (Å²) >= 11 is 4.14. The van der Waals surface area contributed by atoms with E-state index in [9.17, 15) is 136 Å². The van der Waals surface area contributed by atoms with E-state index in [4.69, 9.17) is 28.0 Å². The number of aliphatic hydroxyl groups excluding tert-OH is 3. The molecule has 2 aliphatic rings. The Morgan fingerprint density at radius 3 is 1.22 bits per heavy atom. The molecule has 55 heteroatoms. The van der Waals surface area contributed by atoms with Gasteiger partial charge in [-0.2, -0.15) is 12.6 Å². The smallest absolute Gasteiger partial charge is 0.328 e.